The van der Waals surface area contributed by atoms with E-state index in [1.807, 2.05) is 6.92 Å². The normalized spacial score (nSPS) is 11.4. The number of rotatable bonds is 2. The molecule has 0 atom stereocenters. The number of hydrogen-bond donors (Lipinski definition) is 1. The molecule has 0 fully saturated rings. The van der Waals surface area contributed by atoms with Crippen LogP contribution >= 0.6 is 0 Å². The minimum Gasteiger partial charge on any atom is -0.369 e. The third kappa shape index (κ3) is 1.74. The monoisotopic (exact) mass is 277 g/mol. The first kappa shape index (κ1) is 12.6. The van der Waals surface area contributed by atoms with Gasteiger partial charge in [0.25, 0.3) is 0 Å². The van der Waals surface area contributed by atoms with Crippen LogP contribution in [0.3, 0.4) is 0 Å². The summed E-state index contributed by atoms with van der Waals surface area (Å²) in [6.07, 6.45) is 0.700. The summed E-state index contributed by atoms with van der Waals surface area (Å²) < 4.78 is 29.9. The van der Waals surface area contributed by atoms with Gasteiger partial charge in [0, 0.05) is 13.1 Å². The average Bonchev–Trinajstić information content (AvgIpc) is 2.85. The molecular formula is C13H13F2N5. The van der Waals surface area contributed by atoms with E-state index in [-0.39, 0.29) is 11.6 Å². The standard InChI is InChI=1S/C13H13F2N5/c1-3-10-11-12(19(2)18-10)20(13(16)17-11)9-5-7(14)4-8(15)6-9/h4-6H,3H2,1-2H3,(H2,16,17). The lowest BCUT2D eigenvalue weighted by Crippen LogP contribution is -2.05. The molecule has 7 heteroatoms. The Morgan fingerprint density at radius 2 is 1.85 bits per heavy atom. The van der Waals surface area contributed by atoms with Crippen molar-refractivity contribution in [1.82, 2.24) is 19.3 Å². The van der Waals surface area contributed by atoms with Gasteiger partial charge in [0.15, 0.2) is 5.65 Å². The fraction of sp³-hybridized carbons (Fsp3) is 0.231. The number of benzene rings is 1. The summed E-state index contributed by atoms with van der Waals surface area (Å²) in [6.45, 7) is 1.96. The Hall–Kier alpha value is -2.44. The van der Waals surface area contributed by atoms with Gasteiger partial charge >= 0.3 is 0 Å². The predicted molar refractivity (Wildman–Crippen MR) is 71.5 cm³/mol. The fourth-order valence-electron chi connectivity index (χ4n) is 2.36. The molecule has 3 rings (SSSR count). The summed E-state index contributed by atoms with van der Waals surface area (Å²) in [5.74, 6) is -1.16. The summed E-state index contributed by atoms with van der Waals surface area (Å²) >= 11 is 0. The van der Waals surface area contributed by atoms with Gasteiger partial charge in [0.2, 0.25) is 5.95 Å². The smallest absolute Gasteiger partial charge is 0.207 e. The van der Waals surface area contributed by atoms with Gasteiger partial charge < -0.3 is 5.73 Å². The van der Waals surface area contributed by atoms with Crippen LogP contribution in [-0.4, -0.2) is 19.3 Å². The van der Waals surface area contributed by atoms with Gasteiger partial charge in [-0.25, -0.2) is 18.4 Å². The van der Waals surface area contributed by atoms with Gasteiger partial charge in [-0.2, -0.15) is 5.10 Å². The van der Waals surface area contributed by atoms with Crippen LogP contribution in [0.25, 0.3) is 16.9 Å². The van der Waals surface area contributed by atoms with Crippen molar-refractivity contribution in [3.8, 4) is 5.69 Å². The van der Waals surface area contributed by atoms with E-state index < -0.39 is 11.6 Å². The molecule has 0 aliphatic carbocycles. The largest absolute Gasteiger partial charge is 0.369 e. The number of anilines is 1. The molecule has 1 aromatic carbocycles. The highest BCUT2D eigenvalue weighted by atomic mass is 19.1. The van der Waals surface area contributed by atoms with Gasteiger partial charge in [-0.3, -0.25) is 4.57 Å². The SMILES string of the molecule is CCc1nn(C)c2c1nc(N)n2-c1cc(F)cc(F)c1. The molecule has 0 aliphatic heterocycles. The Kier molecular flexibility index (Phi) is 2.70. The second-order valence-corrected chi connectivity index (χ2v) is 4.53. The quantitative estimate of drug-likeness (QED) is 0.781. The molecule has 0 aliphatic rings. The average molecular weight is 277 g/mol. The molecule has 20 heavy (non-hydrogen) atoms. The summed E-state index contributed by atoms with van der Waals surface area (Å²) in [6, 6.07) is 3.23. The van der Waals surface area contributed by atoms with Gasteiger partial charge in [0.05, 0.1) is 11.4 Å². The predicted octanol–water partition coefficient (Wildman–Crippen LogP) is 2.18. The van der Waals surface area contributed by atoms with Crippen LogP contribution in [0.5, 0.6) is 0 Å². The van der Waals surface area contributed by atoms with Gasteiger partial charge in [0.1, 0.15) is 17.2 Å². The second-order valence-electron chi connectivity index (χ2n) is 4.53. The second kappa shape index (κ2) is 4.29. The minimum atomic E-state index is -0.667. The number of nitrogens with zero attached hydrogens (tertiary/aromatic N) is 4. The first-order chi connectivity index (χ1) is 9.51. The number of nitrogens with two attached hydrogens (primary N) is 1. The van der Waals surface area contributed by atoms with Crippen molar-refractivity contribution in [3.63, 3.8) is 0 Å². The van der Waals surface area contributed by atoms with E-state index in [2.05, 4.69) is 10.1 Å². The molecular weight excluding hydrogens is 264 g/mol. The van der Waals surface area contributed by atoms with Crippen LogP contribution < -0.4 is 5.73 Å². The van der Waals surface area contributed by atoms with Crippen molar-refractivity contribution >= 4 is 17.1 Å². The molecule has 2 heterocycles. The van der Waals surface area contributed by atoms with Gasteiger partial charge in [-0.05, 0) is 18.6 Å². The molecule has 104 valence electrons. The Morgan fingerprint density at radius 1 is 1.20 bits per heavy atom. The number of hydrogen-bond acceptors (Lipinski definition) is 3. The van der Waals surface area contributed by atoms with Gasteiger partial charge in [-0.15, -0.1) is 0 Å². The van der Waals surface area contributed by atoms with E-state index in [1.54, 1.807) is 11.7 Å². The lowest BCUT2D eigenvalue weighted by molar-refractivity contribution is 0.581. The number of aryl methyl sites for hydroxylation is 2. The molecule has 0 amide bonds. The maximum Gasteiger partial charge on any atom is 0.207 e. The molecule has 0 saturated carbocycles. The third-order valence-corrected chi connectivity index (χ3v) is 3.17. The van der Waals surface area contributed by atoms with E-state index in [9.17, 15) is 8.78 Å². The van der Waals surface area contributed by atoms with E-state index in [4.69, 9.17) is 5.73 Å². The summed E-state index contributed by atoms with van der Waals surface area (Å²) in [5, 5.41) is 4.33. The molecule has 3 aromatic rings. The lowest BCUT2D eigenvalue weighted by Gasteiger charge is -2.07. The Bertz CT molecular complexity index is 783. The van der Waals surface area contributed by atoms with Crippen LogP contribution in [0.1, 0.15) is 12.6 Å². The minimum absolute atomic E-state index is 0.174. The summed E-state index contributed by atoms with van der Waals surface area (Å²) in [4.78, 5) is 4.25. The maximum absolute atomic E-state index is 13.4. The molecule has 0 spiro atoms. The van der Waals surface area contributed by atoms with Crippen molar-refractivity contribution in [2.24, 2.45) is 7.05 Å². The molecule has 5 nitrogen and oxygen atoms in total. The highest BCUT2D eigenvalue weighted by Gasteiger charge is 2.18. The highest BCUT2D eigenvalue weighted by Crippen LogP contribution is 2.26. The number of fused-ring (bicyclic) bond motifs is 1. The van der Waals surface area contributed by atoms with Crippen molar-refractivity contribution in [2.45, 2.75) is 13.3 Å². The highest BCUT2D eigenvalue weighted by molar-refractivity contribution is 5.80. The summed E-state index contributed by atoms with van der Waals surface area (Å²) in [7, 11) is 1.74. The topological polar surface area (TPSA) is 61.7 Å². The van der Waals surface area contributed by atoms with Crippen molar-refractivity contribution < 1.29 is 8.78 Å². The molecule has 0 saturated heterocycles. The Balaban J connectivity index is 2.35. The summed E-state index contributed by atoms with van der Waals surface area (Å²) in [5.41, 5.74) is 8.24. The van der Waals surface area contributed by atoms with Crippen LogP contribution in [-0.2, 0) is 13.5 Å². The van der Waals surface area contributed by atoms with Gasteiger partial charge in [-0.1, -0.05) is 6.92 Å². The zero-order valence-corrected chi connectivity index (χ0v) is 11.1. The van der Waals surface area contributed by atoms with E-state index in [0.29, 0.717) is 17.6 Å². The van der Waals surface area contributed by atoms with Crippen LogP contribution in [0.15, 0.2) is 18.2 Å². The fourth-order valence-corrected chi connectivity index (χ4v) is 2.36. The van der Waals surface area contributed by atoms with Crippen LogP contribution in [0.4, 0.5) is 14.7 Å². The zero-order chi connectivity index (χ0) is 14.4. The molecule has 2 aromatic heterocycles. The number of halogens is 2. The Morgan fingerprint density at radius 3 is 2.45 bits per heavy atom. The molecule has 0 radical (unpaired) electrons. The van der Waals surface area contributed by atoms with E-state index >= 15 is 0 Å². The number of aromatic nitrogens is 4. The van der Waals surface area contributed by atoms with Crippen molar-refractivity contribution in [1.29, 1.82) is 0 Å². The first-order valence-electron chi connectivity index (χ1n) is 6.17. The van der Waals surface area contributed by atoms with Crippen LogP contribution in [0, 0.1) is 11.6 Å². The molecule has 2 N–H and O–H groups in total. The van der Waals surface area contributed by atoms with E-state index in [0.717, 1.165) is 11.8 Å². The maximum atomic E-state index is 13.4. The van der Waals surface area contributed by atoms with Crippen molar-refractivity contribution in [2.75, 3.05) is 5.73 Å². The third-order valence-electron chi connectivity index (χ3n) is 3.17. The Labute approximate surface area is 113 Å². The molecule has 0 unspecified atom stereocenters. The van der Waals surface area contributed by atoms with Crippen LogP contribution in [0.2, 0.25) is 0 Å². The lowest BCUT2D eigenvalue weighted by atomic mass is 10.3. The zero-order valence-electron chi connectivity index (χ0n) is 11.1. The van der Waals surface area contributed by atoms with Crippen molar-refractivity contribution in [3.05, 3.63) is 35.5 Å². The van der Waals surface area contributed by atoms with E-state index in [1.165, 1.54) is 16.7 Å². The number of nitrogen functional groups attached to an aromatic ring is 1. The first-order valence-corrected chi connectivity index (χ1v) is 6.17. The number of imidazole rings is 1. The molecule has 0 bridgehead atoms.